The molecular weight excluding hydrogens is 421 g/mol. The number of aliphatic hydroxyl groups excluding tert-OH is 1. The maximum atomic E-state index is 13.8. The third-order valence-electron chi connectivity index (χ3n) is 7.26. The third-order valence-corrected chi connectivity index (χ3v) is 7.26. The number of nitrogens with one attached hydrogen (secondary N) is 2. The van der Waals surface area contributed by atoms with Crippen LogP contribution in [0.15, 0.2) is 48.5 Å². The van der Waals surface area contributed by atoms with Crippen LogP contribution in [0.5, 0.6) is 0 Å². The molecule has 7 heteroatoms. The van der Waals surface area contributed by atoms with Crippen LogP contribution in [0.2, 0.25) is 0 Å². The van der Waals surface area contributed by atoms with Gasteiger partial charge in [0.25, 0.3) is 5.91 Å². The fourth-order valence-corrected chi connectivity index (χ4v) is 5.48. The molecule has 5 rings (SSSR count). The van der Waals surface area contributed by atoms with Gasteiger partial charge in [0, 0.05) is 35.2 Å². The van der Waals surface area contributed by atoms with Crippen LogP contribution in [0.1, 0.15) is 34.5 Å². The number of nitrogens with zero attached hydrogens (tertiary/aromatic N) is 1. The molecule has 1 aliphatic carbocycles. The Balaban J connectivity index is 1.25. The van der Waals surface area contributed by atoms with Crippen molar-refractivity contribution in [2.24, 2.45) is 11.8 Å². The standard InChI is InChI=1S/C26H28FN3O3/c1-15-20(21-11-19(27)7-8-22(21)28-15)12-25(32)30-13-17-9-23(24(31)10-18(17)14-30)29-26(33)16-5-3-2-4-6-16/h2-8,11,17-18,23-24,28,31H,9-10,12-14H2,1H3,(H,29,33)/t17-,18+,23-,24-/m0/s1. The predicted octanol–water partition coefficient (Wildman–Crippen LogP) is 3.19. The molecule has 0 radical (unpaired) electrons. The Labute approximate surface area is 191 Å². The van der Waals surface area contributed by atoms with E-state index in [1.807, 2.05) is 30.0 Å². The number of benzene rings is 2. The summed E-state index contributed by atoms with van der Waals surface area (Å²) in [7, 11) is 0. The van der Waals surface area contributed by atoms with Crippen LogP contribution in [0.3, 0.4) is 0 Å². The highest BCUT2D eigenvalue weighted by atomic mass is 19.1. The van der Waals surface area contributed by atoms with E-state index in [1.54, 1.807) is 18.2 Å². The molecule has 3 N–H and O–H groups in total. The lowest BCUT2D eigenvalue weighted by molar-refractivity contribution is -0.129. The highest BCUT2D eigenvalue weighted by Gasteiger charge is 2.43. The van der Waals surface area contributed by atoms with Crippen molar-refractivity contribution in [3.63, 3.8) is 0 Å². The summed E-state index contributed by atoms with van der Waals surface area (Å²) in [6.45, 7) is 3.13. The Morgan fingerprint density at radius 3 is 2.61 bits per heavy atom. The fraction of sp³-hybridized carbons (Fsp3) is 0.385. The van der Waals surface area contributed by atoms with E-state index >= 15 is 0 Å². The number of aryl methyl sites for hydroxylation is 1. The maximum absolute atomic E-state index is 13.8. The maximum Gasteiger partial charge on any atom is 0.251 e. The van der Waals surface area contributed by atoms with Crippen LogP contribution in [0.25, 0.3) is 10.9 Å². The van der Waals surface area contributed by atoms with Crippen molar-refractivity contribution in [1.82, 2.24) is 15.2 Å². The Bertz CT molecular complexity index is 1190. The molecule has 2 aliphatic rings. The summed E-state index contributed by atoms with van der Waals surface area (Å²) in [6.07, 6.45) is 0.787. The lowest BCUT2D eigenvalue weighted by atomic mass is 9.77. The third kappa shape index (κ3) is 4.25. The van der Waals surface area contributed by atoms with Gasteiger partial charge in [0.1, 0.15) is 5.82 Å². The van der Waals surface area contributed by atoms with Gasteiger partial charge in [0.15, 0.2) is 0 Å². The van der Waals surface area contributed by atoms with Gasteiger partial charge in [-0.05, 0) is 67.5 Å². The number of aromatic amines is 1. The van der Waals surface area contributed by atoms with Gasteiger partial charge in [-0.2, -0.15) is 0 Å². The molecule has 1 saturated carbocycles. The number of hydrogen-bond donors (Lipinski definition) is 3. The van der Waals surface area contributed by atoms with Crippen molar-refractivity contribution in [2.45, 2.75) is 38.3 Å². The molecule has 6 nitrogen and oxygen atoms in total. The molecule has 2 aromatic carbocycles. The number of halogens is 1. The van der Waals surface area contributed by atoms with Crippen molar-refractivity contribution >= 4 is 22.7 Å². The summed E-state index contributed by atoms with van der Waals surface area (Å²) in [5, 5.41) is 14.4. The van der Waals surface area contributed by atoms with Crippen molar-refractivity contribution in [3.8, 4) is 0 Å². The molecule has 1 aromatic heterocycles. The molecular formula is C26H28FN3O3. The first kappa shape index (κ1) is 21.6. The van der Waals surface area contributed by atoms with Crippen LogP contribution in [0, 0.1) is 24.6 Å². The van der Waals surface area contributed by atoms with E-state index in [1.165, 1.54) is 12.1 Å². The summed E-state index contributed by atoms with van der Waals surface area (Å²) < 4.78 is 13.8. The number of likely N-dealkylation sites (tertiary alicyclic amines) is 1. The molecule has 0 bridgehead atoms. The van der Waals surface area contributed by atoms with E-state index in [0.29, 0.717) is 31.5 Å². The van der Waals surface area contributed by atoms with Gasteiger partial charge in [-0.15, -0.1) is 0 Å². The van der Waals surface area contributed by atoms with Gasteiger partial charge in [-0.25, -0.2) is 4.39 Å². The number of aromatic nitrogens is 1. The monoisotopic (exact) mass is 449 g/mol. The SMILES string of the molecule is Cc1[nH]c2ccc(F)cc2c1CC(=O)N1C[C@H]2C[C@H](O)[C@@H](NC(=O)c3ccccc3)C[C@H]2C1. The van der Waals surface area contributed by atoms with E-state index in [4.69, 9.17) is 0 Å². The number of carbonyl (C=O) groups excluding carboxylic acids is 2. The molecule has 172 valence electrons. The highest BCUT2D eigenvalue weighted by Crippen LogP contribution is 2.37. The van der Waals surface area contributed by atoms with Gasteiger partial charge in [-0.3, -0.25) is 9.59 Å². The normalized spacial score (nSPS) is 24.6. The Morgan fingerprint density at radius 2 is 1.85 bits per heavy atom. The van der Waals surface area contributed by atoms with Gasteiger partial charge in [0.05, 0.1) is 18.6 Å². The second-order valence-corrected chi connectivity index (χ2v) is 9.40. The quantitative estimate of drug-likeness (QED) is 0.572. The van der Waals surface area contributed by atoms with E-state index < -0.39 is 6.10 Å². The lowest BCUT2D eigenvalue weighted by Gasteiger charge is -2.35. The Morgan fingerprint density at radius 1 is 1.12 bits per heavy atom. The summed E-state index contributed by atoms with van der Waals surface area (Å²) in [4.78, 5) is 30.8. The summed E-state index contributed by atoms with van der Waals surface area (Å²) in [5.41, 5.74) is 3.10. The van der Waals surface area contributed by atoms with Crippen molar-refractivity contribution in [1.29, 1.82) is 0 Å². The molecule has 0 unspecified atom stereocenters. The minimum Gasteiger partial charge on any atom is -0.391 e. The van der Waals surface area contributed by atoms with Crippen molar-refractivity contribution in [3.05, 3.63) is 71.2 Å². The summed E-state index contributed by atoms with van der Waals surface area (Å²) in [5.74, 6) is -0.0432. The van der Waals surface area contributed by atoms with Crippen molar-refractivity contribution in [2.75, 3.05) is 13.1 Å². The predicted molar refractivity (Wildman–Crippen MR) is 123 cm³/mol. The number of carbonyl (C=O) groups is 2. The smallest absolute Gasteiger partial charge is 0.251 e. The first-order chi connectivity index (χ1) is 15.9. The number of hydrogen-bond acceptors (Lipinski definition) is 3. The largest absolute Gasteiger partial charge is 0.391 e. The zero-order chi connectivity index (χ0) is 23.1. The molecule has 33 heavy (non-hydrogen) atoms. The highest BCUT2D eigenvalue weighted by molar-refractivity contribution is 5.94. The van der Waals surface area contributed by atoms with Gasteiger partial charge < -0.3 is 20.3 Å². The molecule has 3 aromatic rings. The van der Waals surface area contributed by atoms with Crippen molar-refractivity contribution < 1.29 is 19.1 Å². The Kier molecular flexibility index (Phi) is 5.66. The zero-order valence-electron chi connectivity index (χ0n) is 18.6. The van der Waals surface area contributed by atoms with Crippen LogP contribution in [0.4, 0.5) is 4.39 Å². The molecule has 2 fully saturated rings. The first-order valence-electron chi connectivity index (χ1n) is 11.5. The van der Waals surface area contributed by atoms with E-state index in [0.717, 1.165) is 22.2 Å². The Hall–Kier alpha value is -3.19. The number of H-pyrrole nitrogens is 1. The van der Waals surface area contributed by atoms with Crippen LogP contribution >= 0.6 is 0 Å². The fourth-order valence-electron chi connectivity index (χ4n) is 5.48. The number of fused-ring (bicyclic) bond motifs is 2. The van der Waals surface area contributed by atoms with E-state index in [2.05, 4.69) is 10.3 Å². The molecule has 1 aliphatic heterocycles. The average Bonchev–Trinajstić information content (AvgIpc) is 3.35. The molecule has 4 atom stereocenters. The molecule has 1 saturated heterocycles. The second-order valence-electron chi connectivity index (χ2n) is 9.40. The van der Waals surface area contributed by atoms with Gasteiger partial charge in [0.2, 0.25) is 5.91 Å². The van der Waals surface area contributed by atoms with E-state index in [9.17, 15) is 19.1 Å². The van der Waals surface area contributed by atoms with Crippen LogP contribution in [-0.2, 0) is 11.2 Å². The van der Waals surface area contributed by atoms with Gasteiger partial charge >= 0.3 is 0 Å². The number of rotatable bonds is 4. The van der Waals surface area contributed by atoms with Gasteiger partial charge in [-0.1, -0.05) is 18.2 Å². The zero-order valence-corrected chi connectivity index (χ0v) is 18.6. The minimum absolute atomic E-state index is 0.0111. The number of aliphatic hydroxyl groups is 1. The average molecular weight is 450 g/mol. The first-order valence-corrected chi connectivity index (χ1v) is 11.5. The number of amides is 2. The summed E-state index contributed by atoms with van der Waals surface area (Å²) >= 11 is 0. The second kappa shape index (κ2) is 8.63. The van der Waals surface area contributed by atoms with E-state index in [-0.39, 0.29) is 41.9 Å². The minimum atomic E-state index is -0.632. The van der Waals surface area contributed by atoms with Crippen LogP contribution in [-0.4, -0.2) is 52.0 Å². The molecule has 2 amide bonds. The lowest BCUT2D eigenvalue weighted by Crippen LogP contribution is -2.49. The molecule has 0 spiro atoms. The topological polar surface area (TPSA) is 85.4 Å². The summed E-state index contributed by atoms with van der Waals surface area (Å²) in [6, 6.07) is 13.2. The van der Waals surface area contributed by atoms with Crippen LogP contribution < -0.4 is 5.32 Å². The molecule has 2 heterocycles.